The summed E-state index contributed by atoms with van der Waals surface area (Å²) < 4.78 is 10.5. The Kier molecular flexibility index (Phi) is 5.96. The number of amides is 2. The molecule has 27 heavy (non-hydrogen) atoms. The minimum Gasteiger partial charge on any atom is -0.453 e. The van der Waals surface area contributed by atoms with E-state index in [0.717, 1.165) is 19.5 Å². The van der Waals surface area contributed by atoms with Crippen molar-refractivity contribution in [2.24, 2.45) is 11.8 Å². The smallest absolute Gasteiger partial charge is 0.291 e. The van der Waals surface area contributed by atoms with Crippen LogP contribution in [0.3, 0.4) is 0 Å². The van der Waals surface area contributed by atoms with E-state index in [1.54, 1.807) is 37.4 Å². The number of piperidine rings is 1. The monoisotopic (exact) mass is 370 g/mol. The van der Waals surface area contributed by atoms with Gasteiger partial charge in [-0.05, 0) is 42.5 Å². The molecule has 1 aromatic heterocycles. The van der Waals surface area contributed by atoms with Crippen molar-refractivity contribution in [2.75, 3.05) is 25.5 Å². The molecule has 6 nitrogen and oxygen atoms in total. The topological polar surface area (TPSA) is 71.8 Å². The van der Waals surface area contributed by atoms with Crippen LogP contribution in [-0.2, 0) is 11.3 Å². The van der Waals surface area contributed by atoms with Crippen molar-refractivity contribution in [3.05, 3.63) is 53.5 Å². The molecule has 144 valence electrons. The van der Waals surface area contributed by atoms with Crippen LogP contribution in [0, 0.1) is 11.8 Å². The lowest BCUT2D eigenvalue weighted by molar-refractivity contribution is 0.0624. The molecule has 6 heteroatoms. The summed E-state index contributed by atoms with van der Waals surface area (Å²) in [6.07, 6.45) is 1.13. The number of nitrogens with zero attached hydrogens (tertiary/aromatic N) is 1. The zero-order valence-corrected chi connectivity index (χ0v) is 16.0. The molecule has 1 saturated heterocycles. The van der Waals surface area contributed by atoms with Gasteiger partial charge >= 0.3 is 0 Å². The summed E-state index contributed by atoms with van der Waals surface area (Å²) in [7, 11) is 1.56. The fourth-order valence-corrected chi connectivity index (χ4v) is 3.68. The van der Waals surface area contributed by atoms with Gasteiger partial charge in [-0.3, -0.25) is 9.59 Å². The van der Waals surface area contributed by atoms with Gasteiger partial charge in [0.1, 0.15) is 12.4 Å². The van der Waals surface area contributed by atoms with Crippen molar-refractivity contribution in [2.45, 2.75) is 26.9 Å². The number of hydrogen-bond acceptors (Lipinski definition) is 4. The number of benzene rings is 1. The fourth-order valence-electron chi connectivity index (χ4n) is 3.68. The minimum atomic E-state index is -0.391. The van der Waals surface area contributed by atoms with Crippen molar-refractivity contribution in [1.29, 1.82) is 0 Å². The van der Waals surface area contributed by atoms with E-state index in [2.05, 4.69) is 19.2 Å². The Morgan fingerprint density at radius 3 is 2.56 bits per heavy atom. The van der Waals surface area contributed by atoms with Gasteiger partial charge < -0.3 is 19.4 Å². The quantitative estimate of drug-likeness (QED) is 0.869. The van der Waals surface area contributed by atoms with E-state index in [0.29, 0.717) is 35.5 Å². The Morgan fingerprint density at radius 1 is 1.15 bits per heavy atom. The zero-order chi connectivity index (χ0) is 19.4. The number of carbonyl (C=O) groups is 2. The molecule has 3 rings (SSSR count). The predicted molar refractivity (Wildman–Crippen MR) is 103 cm³/mol. The number of likely N-dealkylation sites (tertiary alicyclic amines) is 1. The molecule has 1 aromatic carbocycles. The van der Waals surface area contributed by atoms with Gasteiger partial charge in [0.05, 0.1) is 11.3 Å². The third-order valence-electron chi connectivity index (χ3n) is 4.73. The molecule has 0 aliphatic carbocycles. The Labute approximate surface area is 159 Å². The summed E-state index contributed by atoms with van der Waals surface area (Å²) in [6.45, 7) is 6.11. The van der Waals surface area contributed by atoms with Crippen LogP contribution in [0.25, 0.3) is 0 Å². The number of para-hydroxylation sites is 1. The lowest BCUT2D eigenvalue weighted by atomic mass is 9.91. The van der Waals surface area contributed by atoms with Gasteiger partial charge in [0.25, 0.3) is 11.8 Å². The molecule has 2 atom stereocenters. The molecule has 2 unspecified atom stereocenters. The first kappa shape index (κ1) is 19.2. The molecule has 1 fully saturated rings. The number of nitrogens with one attached hydrogen (secondary N) is 1. The van der Waals surface area contributed by atoms with Crippen LogP contribution in [-0.4, -0.2) is 36.9 Å². The van der Waals surface area contributed by atoms with E-state index < -0.39 is 5.91 Å². The second kappa shape index (κ2) is 8.39. The number of methoxy groups -OCH3 is 1. The van der Waals surface area contributed by atoms with Crippen molar-refractivity contribution in [3.8, 4) is 0 Å². The van der Waals surface area contributed by atoms with E-state index in [9.17, 15) is 9.59 Å². The number of carbonyl (C=O) groups excluding carboxylic acids is 2. The lowest BCUT2D eigenvalue weighted by Gasteiger charge is -2.35. The van der Waals surface area contributed by atoms with E-state index in [4.69, 9.17) is 9.15 Å². The molecule has 1 aliphatic rings. The molecule has 2 amide bonds. The predicted octanol–water partition coefficient (Wildman–Crippen LogP) is 3.80. The standard InChI is InChI=1S/C21H26N2O4/c1-14-10-15(2)12-23(11-14)21(25)17-6-4-5-7-18(17)22-20(24)19-9-8-16(27-19)13-26-3/h4-9,14-15H,10-13H2,1-3H3,(H,22,24). The molecule has 1 aliphatic heterocycles. The van der Waals surface area contributed by atoms with E-state index in [1.165, 1.54) is 0 Å². The second-order valence-electron chi connectivity index (χ2n) is 7.35. The van der Waals surface area contributed by atoms with Gasteiger partial charge in [-0.15, -0.1) is 0 Å². The summed E-state index contributed by atoms with van der Waals surface area (Å²) >= 11 is 0. The van der Waals surface area contributed by atoms with Crippen molar-refractivity contribution < 1.29 is 18.7 Å². The Hall–Kier alpha value is -2.60. The molecule has 0 spiro atoms. The Bertz CT molecular complexity index is 804. The largest absolute Gasteiger partial charge is 0.453 e. The highest BCUT2D eigenvalue weighted by atomic mass is 16.5. The SMILES string of the molecule is COCc1ccc(C(=O)Nc2ccccc2C(=O)N2CC(C)CC(C)C2)o1. The van der Waals surface area contributed by atoms with Crippen LogP contribution in [0.2, 0.25) is 0 Å². The molecule has 2 aromatic rings. The third kappa shape index (κ3) is 4.57. The number of hydrogen-bond donors (Lipinski definition) is 1. The Morgan fingerprint density at radius 2 is 1.85 bits per heavy atom. The van der Waals surface area contributed by atoms with Crippen LogP contribution >= 0.6 is 0 Å². The van der Waals surface area contributed by atoms with Crippen LogP contribution in [0.4, 0.5) is 5.69 Å². The highest BCUT2D eigenvalue weighted by Gasteiger charge is 2.27. The maximum absolute atomic E-state index is 13.1. The molecule has 0 saturated carbocycles. The zero-order valence-electron chi connectivity index (χ0n) is 16.0. The number of rotatable bonds is 5. The maximum atomic E-state index is 13.1. The van der Waals surface area contributed by atoms with Crippen molar-refractivity contribution in [3.63, 3.8) is 0 Å². The van der Waals surface area contributed by atoms with Gasteiger partial charge in [-0.2, -0.15) is 0 Å². The molecule has 1 N–H and O–H groups in total. The van der Waals surface area contributed by atoms with Crippen molar-refractivity contribution >= 4 is 17.5 Å². The van der Waals surface area contributed by atoms with Crippen LogP contribution < -0.4 is 5.32 Å². The average Bonchev–Trinajstić information content (AvgIpc) is 3.10. The summed E-state index contributed by atoms with van der Waals surface area (Å²) in [4.78, 5) is 27.5. The van der Waals surface area contributed by atoms with Crippen LogP contribution in [0.1, 0.15) is 46.9 Å². The normalized spacial score (nSPS) is 19.7. The number of furan rings is 1. The highest BCUT2D eigenvalue weighted by Crippen LogP contribution is 2.25. The van der Waals surface area contributed by atoms with Gasteiger partial charge in [-0.25, -0.2) is 0 Å². The van der Waals surface area contributed by atoms with E-state index in [-0.39, 0.29) is 11.7 Å². The van der Waals surface area contributed by atoms with Gasteiger partial charge in [0, 0.05) is 20.2 Å². The number of anilines is 1. The van der Waals surface area contributed by atoms with Gasteiger partial charge in [0.15, 0.2) is 5.76 Å². The van der Waals surface area contributed by atoms with Crippen LogP contribution in [0.5, 0.6) is 0 Å². The first-order valence-corrected chi connectivity index (χ1v) is 9.25. The van der Waals surface area contributed by atoms with Crippen LogP contribution in [0.15, 0.2) is 40.8 Å². The summed E-state index contributed by atoms with van der Waals surface area (Å²) in [6, 6.07) is 10.4. The maximum Gasteiger partial charge on any atom is 0.291 e. The summed E-state index contributed by atoms with van der Waals surface area (Å²) in [5.74, 6) is 1.26. The Balaban J connectivity index is 1.77. The first-order valence-electron chi connectivity index (χ1n) is 9.25. The second-order valence-corrected chi connectivity index (χ2v) is 7.35. The molecule has 2 heterocycles. The highest BCUT2D eigenvalue weighted by molar-refractivity contribution is 6.07. The summed E-state index contributed by atoms with van der Waals surface area (Å²) in [5.41, 5.74) is 0.985. The van der Waals surface area contributed by atoms with Crippen molar-refractivity contribution in [1.82, 2.24) is 4.90 Å². The molecular weight excluding hydrogens is 344 g/mol. The molecule has 0 radical (unpaired) electrons. The first-order chi connectivity index (χ1) is 13.0. The third-order valence-corrected chi connectivity index (χ3v) is 4.73. The number of ether oxygens (including phenoxy) is 1. The van der Waals surface area contributed by atoms with Gasteiger partial charge in [0.2, 0.25) is 0 Å². The fraction of sp³-hybridized carbons (Fsp3) is 0.429. The van der Waals surface area contributed by atoms with Gasteiger partial charge in [-0.1, -0.05) is 26.0 Å². The molecular formula is C21H26N2O4. The lowest BCUT2D eigenvalue weighted by Crippen LogP contribution is -2.42. The summed E-state index contributed by atoms with van der Waals surface area (Å²) in [5, 5.41) is 2.80. The minimum absolute atomic E-state index is 0.0520. The molecule has 0 bridgehead atoms. The van der Waals surface area contributed by atoms with E-state index >= 15 is 0 Å². The average molecular weight is 370 g/mol. The van der Waals surface area contributed by atoms with E-state index in [1.807, 2.05) is 11.0 Å².